The zero-order valence-electron chi connectivity index (χ0n) is 15.8. The molecule has 0 saturated carbocycles. The molecule has 25 heavy (non-hydrogen) atoms. The largest absolute Gasteiger partial charge is 0.382 e. The van der Waals surface area contributed by atoms with Gasteiger partial charge in [-0.2, -0.15) is 15.5 Å². The van der Waals surface area contributed by atoms with E-state index in [0.29, 0.717) is 35.1 Å². The minimum absolute atomic E-state index is 0.222. The molecule has 0 aromatic carbocycles. The van der Waals surface area contributed by atoms with Gasteiger partial charge < -0.3 is 5.73 Å². The van der Waals surface area contributed by atoms with Crippen LogP contribution in [0.5, 0.6) is 0 Å². The van der Waals surface area contributed by atoms with Crippen LogP contribution in [0.1, 0.15) is 57.5 Å². The number of aryl methyl sites for hydroxylation is 3. The minimum atomic E-state index is -0.222. The van der Waals surface area contributed by atoms with Crippen molar-refractivity contribution < 1.29 is 0 Å². The Bertz CT molecular complexity index is 826. The highest BCUT2D eigenvalue weighted by atomic mass is 15.4. The van der Waals surface area contributed by atoms with E-state index in [9.17, 15) is 5.26 Å². The molecule has 2 heterocycles. The molecular weight excluding hydrogens is 316 g/mol. The number of nitrogens with zero attached hydrogens (tertiary/aromatic N) is 7. The van der Waals surface area contributed by atoms with Gasteiger partial charge in [0.05, 0.1) is 11.4 Å². The molecule has 8 heteroatoms. The second kappa shape index (κ2) is 7.05. The summed E-state index contributed by atoms with van der Waals surface area (Å²) in [5.41, 5.74) is 8.31. The van der Waals surface area contributed by atoms with Crippen LogP contribution >= 0.6 is 0 Å². The van der Waals surface area contributed by atoms with Crippen molar-refractivity contribution in [3.8, 4) is 6.07 Å². The molecule has 0 radical (unpaired) electrons. The van der Waals surface area contributed by atoms with E-state index < -0.39 is 0 Å². The fourth-order valence-electron chi connectivity index (χ4n) is 2.49. The summed E-state index contributed by atoms with van der Waals surface area (Å²) in [6.45, 7) is 10.7. The van der Waals surface area contributed by atoms with Crippen LogP contribution in [0, 0.1) is 18.3 Å². The van der Waals surface area contributed by atoms with E-state index in [1.807, 2.05) is 20.8 Å². The first kappa shape index (κ1) is 18.6. The van der Waals surface area contributed by atoms with Gasteiger partial charge in [0.15, 0.2) is 11.5 Å². The molecule has 2 rings (SSSR count). The molecule has 0 saturated heterocycles. The maximum atomic E-state index is 9.43. The molecule has 0 aliphatic rings. The van der Waals surface area contributed by atoms with Crippen molar-refractivity contribution in [1.82, 2.24) is 19.6 Å². The molecule has 0 unspecified atom stereocenters. The molecule has 2 N–H and O–H groups in total. The van der Waals surface area contributed by atoms with Crippen LogP contribution in [0.3, 0.4) is 0 Å². The van der Waals surface area contributed by atoms with E-state index in [1.165, 1.54) is 0 Å². The monoisotopic (exact) mass is 342 g/mol. The number of hydrogen-bond donors (Lipinski definition) is 1. The number of rotatable bonds is 5. The Hall–Kier alpha value is -2.69. The average molecular weight is 342 g/mol. The molecule has 0 aliphatic carbocycles. The summed E-state index contributed by atoms with van der Waals surface area (Å²) < 4.78 is 3.34. The van der Waals surface area contributed by atoms with Gasteiger partial charge in [-0.25, -0.2) is 4.68 Å². The van der Waals surface area contributed by atoms with Gasteiger partial charge in [0.25, 0.3) is 0 Å². The highest BCUT2D eigenvalue weighted by molar-refractivity contribution is 5.63. The van der Waals surface area contributed by atoms with E-state index in [-0.39, 0.29) is 5.41 Å². The molecule has 0 atom stereocenters. The van der Waals surface area contributed by atoms with Crippen LogP contribution in [0.15, 0.2) is 10.2 Å². The standard InChI is InChI=1S/C17H26N8/c1-7-8-9-25-16(12(10-18)11(2)22-25)21-20-13-14(17(3,4)5)23-24(6)15(13)19/h7-9,19H2,1-6H3. The lowest BCUT2D eigenvalue weighted by Gasteiger charge is -2.15. The number of nitrogens with two attached hydrogens (primary N) is 1. The van der Waals surface area contributed by atoms with Crippen molar-refractivity contribution in [2.24, 2.45) is 17.3 Å². The zero-order chi connectivity index (χ0) is 18.8. The number of unbranched alkanes of at least 4 members (excludes halogenated alkanes) is 1. The van der Waals surface area contributed by atoms with Gasteiger partial charge in [0.1, 0.15) is 17.5 Å². The van der Waals surface area contributed by atoms with Crippen LogP contribution in [0.2, 0.25) is 0 Å². The highest BCUT2D eigenvalue weighted by Crippen LogP contribution is 2.36. The number of nitrogen functional groups attached to an aromatic ring is 1. The predicted molar refractivity (Wildman–Crippen MR) is 97.1 cm³/mol. The molecule has 0 spiro atoms. The maximum Gasteiger partial charge on any atom is 0.191 e. The van der Waals surface area contributed by atoms with E-state index in [2.05, 4.69) is 33.4 Å². The minimum Gasteiger partial charge on any atom is -0.382 e. The molecule has 2 aromatic rings. The van der Waals surface area contributed by atoms with E-state index >= 15 is 0 Å². The number of azo groups is 1. The molecule has 0 aliphatic heterocycles. The summed E-state index contributed by atoms with van der Waals surface area (Å²) in [7, 11) is 1.78. The van der Waals surface area contributed by atoms with Crippen LogP contribution in [-0.4, -0.2) is 19.6 Å². The number of anilines is 1. The summed E-state index contributed by atoms with van der Waals surface area (Å²) in [4.78, 5) is 0. The van der Waals surface area contributed by atoms with Crippen LogP contribution in [0.25, 0.3) is 0 Å². The fourth-order valence-corrected chi connectivity index (χ4v) is 2.49. The first-order valence-corrected chi connectivity index (χ1v) is 8.42. The molecular formula is C17H26N8. The lowest BCUT2D eigenvalue weighted by atomic mass is 9.91. The Labute approximate surface area is 148 Å². The number of aromatic nitrogens is 4. The normalized spacial score (nSPS) is 12.0. The van der Waals surface area contributed by atoms with Crippen LogP contribution in [-0.2, 0) is 19.0 Å². The molecule has 0 fully saturated rings. The second-order valence-corrected chi connectivity index (χ2v) is 7.13. The Morgan fingerprint density at radius 3 is 2.48 bits per heavy atom. The summed E-state index contributed by atoms with van der Waals surface area (Å²) in [6, 6.07) is 2.17. The average Bonchev–Trinajstić information content (AvgIpc) is 3.00. The third-order valence-electron chi connectivity index (χ3n) is 3.96. The summed E-state index contributed by atoms with van der Waals surface area (Å²) >= 11 is 0. The van der Waals surface area contributed by atoms with Crippen molar-refractivity contribution in [1.29, 1.82) is 5.26 Å². The Balaban J connectivity index is 2.52. The summed E-state index contributed by atoms with van der Waals surface area (Å²) in [6.07, 6.45) is 1.98. The van der Waals surface area contributed by atoms with Crippen molar-refractivity contribution >= 4 is 17.3 Å². The quantitative estimate of drug-likeness (QED) is 0.831. The van der Waals surface area contributed by atoms with E-state index in [4.69, 9.17) is 5.73 Å². The van der Waals surface area contributed by atoms with Crippen molar-refractivity contribution in [2.75, 3.05) is 5.73 Å². The number of nitriles is 1. The molecule has 8 nitrogen and oxygen atoms in total. The maximum absolute atomic E-state index is 9.43. The van der Waals surface area contributed by atoms with Gasteiger partial charge in [-0.05, 0) is 13.3 Å². The third kappa shape index (κ3) is 3.71. The van der Waals surface area contributed by atoms with Gasteiger partial charge in [0.2, 0.25) is 0 Å². The van der Waals surface area contributed by atoms with Crippen molar-refractivity contribution in [3.05, 3.63) is 17.0 Å². The Morgan fingerprint density at radius 2 is 1.92 bits per heavy atom. The lowest BCUT2D eigenvalue weighted by molar-refractivity contribution is 0.553. The van der Waals surface area contributed by atoms with Gasteiger partial charge in [-0.1, -0.05) is 34.1 Å². The van der Waals surface area contributed by atoms with Gasteiger partial charge in [-0.3, -0.25) is 4.68 Å². The smallest absolute Gasteiger partial charge is 0.191 e. The fraction of sp³-hybridized carbons (Fsp3) is 0.588. The SMILES string of the molecule is CCCCn1nc(C)c(C#N)c1N=Nc1c(C(C)(C)C)nn(C)c1N. The molecule has 134 valence electrons. The first-order valence-electron chi connectivity index (χ1n) is 8.42. The Kier molecular flexibility index (Phi) is 5.26. The zero-order valence-corrected chi connectivity index (χ0v) is 15.8. The molecule has 0 bridgehead atoms. The van der Waals surface area contributed by atoms with Gasteiger partial charge in [-0.15, -0.1) is 10.2 Å². The van der Waals surface area contributed by atoms with Gasteiger partial charge in [0, 0.05) is 19.0 Å². The Morgan fingerprint density at radius 1 is 1.24 bits per heavy atom. The lowest BCUT2D eigenvalue weighted by Crippen LogP contribution is -2.12. The van der Waals surface area contributed by atoms with E-state index in [0.717, 1.165) is 18.5 Å². The molecule has 2 aromatic heterocycles. The third-order valence-corrected chi connectivity index (χ3v) is 3.96. The second-order valence-electron chi connectivity index (χ2n) is 7.13. The number of hydrogen-bond acceptors (Lipinski definition) is 6. The highest BCUT2D eigenvalue weighted by Gasteiger charge is 2.25. The van der Waals surface area contributed by atoms with E-state index in [1.54, 1.807) is 23.3 Å². The van der Waals surface area contributed by atoms with Gasteiger partial charge >= 0.3 is 0 Å². The van der Waals surface area contributed by atoms with Crippen molar-refractivity contribution in [3.63, 3.8) is 0 Å². The topological polar surface area (TPSA) is 110 Å². The van der Waals surface area contributed by atoms with Crippen molar-refractivity contribution in [2.45, 2.75) is 59.4 Å². The first-order chi connectivity index (χ1) is 11.7. The molecule has 0 amide bonds. The van der Waals surface area contributed by atoms with Crippen LogP contribution in [0.4, 0.5) is 17.3 Å². The van der Waals surface area contributed by atoms with Crippen LogP contribution < -0.4 is 5.73 Å². The summed E-state index contributed by atoms with van der Waals surface area (Å²) in [5.74, 6) is 0.917. The summed E-state index contributed by atoms with van der Waals surface area (Å²) in [5, 5.41) is 27.0. The predicted octanol–water partition coefficient (Wildman–Crippen LogP) is 3.89.